The molecule has 0 heterocycles. The Morgan fingerprint density at radius 3 is 2.39 bits per heavy atom. The number of hydrogen-bond acceptors (Lipinski definition) is 4. The normalized spacial score (nSPS) is 13.1. The Bertz CT molecular complexity index is 602. The summed E-state index contributed by atoms with van der Waals surface area (Å²) in [5.74, 6) is -0.366. The largest absolute Gasteiger partial charge is 0.379 e. The average molecular weight is 407 g/mol. The molecule has 23 heavy (non-hydrogen) atoms. The summed E-state index contributed by atoms with van der Waals surface area (Å²) in [6, 6.07) is 5.36. The van der Waals surface area contributed by atoms with Gasteiger partial charge in [-0.1, -0.05) is 15.9 Å². The van der Waals surface area contributed by atoms with E-state index in [0.29, 0.717) is 19.6 Å². The van der Waals surface area contributed by atoms with Gasteiger partial charge in [-0.25, -0.2) is 8.42 Å². The summed E-state index contributed by atoms with van der Waals surface area (Å²) >= 11 is 3.25. The lowest BCUT2D eigenvalue weighted by atomic mass is 10.3. The number of carbonyl (C=O) groups excluding carboxylic acids is 1. The van der Waals surface area contributed by atoms with Crippen molar-refractivity contribution in [2.45, 2.75) is 44.2 Å². The van der Waals surface area contributed by atoms with E-state index >= 15 is 0 Å². The molecule has 0 aliphatic rings. The van der Waals surface area contributed by atoms with Crippen LogP contribution in [0.3, 0.4) is 0 Å². The van der Waals surface area contributed by atoms with Crippen LogP contribution in [0.25, 0.3) is 0 Å². The Balaban J connectivity index is 2.46. The fourth-order valence-corrected chi connectivity index (χ4v) is 3.19. The summed E-state index contributed by atoms with van der Waals surface area (Å²) < 4.78 is 32.9. The topological polar surface area (TPSA) is 84.5 Å². The van der Waals surface area contributed by atoms with E-state index in [4.69, 9.17) is 4.74 Å². The summed E-state index contributed by atoms with van der Waals surface area (Å²) in [5.41, 5.74) is 0. The maximum absolute atomic E-state index is 12.2. The molecule has 0 aliphatic heterocycles. The number of amides is 1. The number of ether oxygens (including phenoxy) is 1. The Labute approximate surface area is 146 Å². The molecule has 1 atom stereocenters. The maximum Gasteiger partial charge on any atom is 0.241 e. The quantitative estimate of drug-likeness (QED) is 0.614. The predicted octanol–water partition coefficient (Wildman–Crippen LogP) is 2.05. The smallest absolute Gasteiger partial charge is 0.241 e. The Hall–Kier alpha value is -0.960. The van der Waals surface area contributed by atoms with E-state index in [1.165, 1.54) is 19.1 Å². The van der Waals surface area contributed by atoms with Crippen LogP contribution in [0.15, 0.2) is 33.6 Å². The molecule has 8 heteroatoms. The third-order valence-electron chi connectivity index (χ3n) is 2.92. The molecule has 2 N–H and O–H groups in total. The number of halogens is 1. The van der Waals surface area contributed by atoms with Crippen LogP contribution in [-0.4, -0.2) is 39.6 Å². The van der Waals surface area contributed by atoms with Gasteiger partial charge in [-0.05, 0) is 51.5 Å². The van der Waals surface area contributed by atoms with Gasteiger partial charge in [0.15, 0.2) is 0 Å². The molecule has 130 valence electrons. The van der Waals surface area contributed by atoms with Crippen LogP contribution in [0.4, 0.5) is 0 Å². The molecule has 0 aromatic heterocycles. The number of carbonyl (C=O) groups is 1. The van der Waals surface area contributed by atoms with Gasteiger partial charge < -0.3 is 10.1 Å². The van der Waals surface area contributed by atoms with Crippen molar-refractivity contribution in [3.05, 3.63) is 28.7 Å². The molecule has 1 amide bonds. The molecule has 6 nitrogen and oxygen atoms in total. The summed E-state index contributed by atoms with van der Waals surface area (Å²) in [7, 11) is -3.72. The number of sulfonamides is 1. The first-order chi connectivity index (χ1) is 10.7. The van der Waals surface area contributed by atoms with E-state index in [1.807, 2.05) is 13.8 Å². The summed E-state index contributed by atoms with van der Waals surface area (Å²) in [5, 5.41) is 2.69. The highest BCUT2D eigenvalue weighted by atomic mass is 79.9. The molecule has 0 spiro atoms. The van der Waals surface area contributed by atoms with Gasteiger partial charge in [-0.15, -0.1) is 0 Å². The van der Waals surface area contributed by atoms with Crippen LogP contribution in [0.1, 0.15) is 27.2 Å². The molecule has 0 bridgehead atoms. The van der Waals surface area contributed by atoms with Crippen LogP contribution in [-0.2, 0) is 19.6 Å². The molecule has 1 unspecified atom stereocenters. The average Bonchev–Trinajstić information content (AvgIpc) is 2.46. The molecule has 1 aromatic rings. The minimum atomic E-state index is -3.72. The van der Waals surface area contributed by atoms with Crippen molar-refractivity contribution in [2.24, 2.45) is 0 Å². The molecule has 0 aliphatic carbocycles. The van der Waals surface area contributed by atoms with Gasteiger partial charge in [-0.2, -0.15) is 4.72 Å². The Morgan fingerprint density at radius 2 is 1.83 bits per heavy atom. The van der Waals surface area contributed by atoms with Gasteiger partial charge in [0.05, 0.1) is 17.0 Å². The maximum atomic E-state index is 12.2. The van der Waals surface area contributed by atoms with Gasteiger partial charge in [0, 0.05) is 17.6 Å². The second-order valence-corrected chi connectivity index (χ2v) is 7.99. The zero-order valence-corrected chi connectivity index (χ0v) is 15.9. The lowest BCUT2D eigenvalue weighted by Gasteiger charge is -2.15. The fraction of sp³-hybridized carbons (Fsp3) is 0.533. The zero-order chi connectivity index (χ0) is 17.5. The number of hydrogen-bond donors (Lipinski definition) is 2. The van der Waals surface area contributed by atoms with Crippen LogP contribution in [0.5, 0.6) is 0 Å². The van der Waals surface area contributed by atoms with E-state index in [0.717, 1.165) is 4.47 Å². The monoisotopic (exact) mass is 406 g/mol. The van der Waals surface area contributed by atoms with Crippen molar-refractivity contribution < 1.29 is 17.9 Å². The molecule has 1 rings (SSSR count). The minimum Gasteiger partial charge on any atom is -0.379 e. The van der Waals surface area contributed by atoms with Crippen LogP contribution in [0, 0.1) is 0 Å². The van der Waals surface area contributed by atoms with E-state index in [9.17, 15) is 13.2 Å². The van der Waals surface area contributed by atoms with Crippen LogP contribution < -0.4 is 10.0 Å². The number of nitrogens with one attached hydrogen (secondary N) is 2. The summed E-state index contributed by atoms with van der Waals surface area (Å²) in [4.78, 5) is 12.0. The molecular weight excluding hydrogens is 384 g/mol. The third kappa shape index (κ3) is 7.43. The SMILES string of the molecule is CC(C)OCCCNC(=O)C(C)NS(=O)(=O)c1ccc(Br)cc1. The van der Waals surface area contributed by atoms with Gasteiger partial charge in [0.25, 0.3) is 0 Å². The first-order valence-electron chi connectivity index (χ1n) is 7.39. The van der Waals surface area contributed by atoms with E-state index in [2.05, 4.69) is 26.0 Å². The second-order valence-electron chi connectivity index (χ2n) is 5.36. The Morgan fingerprint density at radius 1 is 1.22 bits per heavy atom. The molecule has 0 saturated heterocycles. The highest BCUT2D eigenvalue weighted by Crippen LogP contribution is 2.14. The number of benzene rings is 1. The van der Waals surface area contributed by atoms with Crippen molar-refractivity contribution in [1.29, 1.82) is 0 Å². The minimum absolute atomic E-state index is 0.116. The van der Waals surface area contributed by atoms with E-state index in [1.54, 1.807) is 12.1 Å². The molecule has 0 fully saturated rings. The first-order valence-corrected chi connectivity index (χ1v) is 9.67. The summed E-state index contributed by atoms with van der Waals surface area (Å²) in [6.45, 7) is 6.39. The highest BCUT2D eigenvalue weighted by Gasteiger charge is 2.21. The Kier molecular flexibility index (Phi) is 8.18. The second kappa shape index (κ2) is 9.36. The van der Waals surface area contributed by atoms with Crippen molar-refractivity contribution >= 4 is 31.9 Å². The molecule has 0 saturated carbocycles. The van der Waals surface area contributed by atoms with E-state index in [-0.39, 0.29) is 16.9 Å². The zero-order valence-electron chi connectivity index (χ0n) is 13.5. The lowest BCUT2D eigenvalue weighted by molar-refractivity contribution is -0.122. The van der Waals surface area contributed by atoms with Crippen LogP contribution >= 0.6 is 15.9 Å². The molecule has 0 radical (unpaired) electrons. The van der Waals surface area contributed by atoms with Gasteiger partial charge in [0.1, 0.15) is 0 Å². The predicted molar refractivity (Wildman–Crippen MR) is 92.6 cm³/mol. The summed E-state index contributed by atoms with van der Waals surface area (Å²) in [6.07, 6.45) is 0.832. The van der Waals surface area contributed by atoms with Gasteiger partial charge in [0.2, 0.25) is 15.9 Å². The van der Waals surface area contributed by atoms with Crippen molar-refractivity contribution in [1.82, 2.24) is 10.0 Å². The number of rotatable bonds is 9. The standard InChI is InChI=1S/C15H23BrN2O4S/c1-11(2)22-10-4-9-17-15(19)12(3)18-23(20,21)14-7-5-13(16)6-8-14/h5-8,11-12,18H,4,9-10H2,1-3H3,(H,17,19). The van der Waals surface area contributed by atoms with Crippen molar-refractivity contribution in [2.75, 3.05) is 13.2 Å². The highest BCUT2D eigenvalue weighted by molar-refractivity contribution is 9.10. The van der Waals surface area contributed by atoms with Crippen molar-refractivity contribution in [3.63, 3.8) is 0 Å². The van der Waals surface area contributed by atoms with Crippen LogP contribution in [0.2, 0.25) is 0 Å². The van der Waals surface area contributed by atoms with E-state index < -0.39 is 16.1 Å². The molecule has 1 aromatic carbocycles. The first kappa shape index (κ1) is 20.1. The van der Waals surface area contributed by atoms with Crippen molar-refractivity contribution in [3.8, 4) is 0 Å². The van der Waals surface area contributed by atoms with Gasteiger partial charge in [-0.3, -0.25) is 4.79 Å². The third-order valence-corrected chi connectivity index (χ3v) is 5.01. The van der Waals surface area contributed by atoms with Gasteiger partial charge >= 0.3 is 0 Å². The lowest BCUT2D eigenvalue weighted by Crippen LogP contribution is -2.45. The molecular formula is C15H23BrN2O4S. The fourth-order valence-electron chi connectivity index (χ4n) is 1.72.